The molecule has 1 saturated heterocycles. The number of carbonyl (C=O) groups is 2. The van der Waals surface area contributed by atoms with Gasteiger partial charge in [0.1, 0.15) is 12.3 Å². The summed E-state index contributed by atoms with van der Waals surface area (Å²) in [6.07, 6.45) is 1.83. The Labute approximate surface area is 293 Å². The first kappa shape index (κ1) is 33.4. The van der Waals surface area contributed by atoms with E-state index in [1.54, 1.807) is 15.5 Å². The number of ether oxygens (including phenoxy) is 1. The molecule has 2 amide bonds. The first-order valence-corrected chi connectivity index (χ1v) is 17.2. The minimum atomic E-state index is -4.60. The molecule has 0 bridgehead atoms. The highest BCUT2D eigenvalue weighted by Gasteiger charge is 2.60. The Kier molecular flexibility index (Phi) is 7.98. The van der Waals surface area contributed by atoms with Gasteiger partial charge in [0.15, 0.2) is 11.5 Å². The number of fused-ring (bicyclic) bond motifs is 5. The van der Waals surface area contributed by atoms with Crippen molar-refractivity contribution in [2.24, 2.45) is 5.92 Å². The van der Waals surface area contributed by atoms with E-state index in [-0.39, 0.29) is 63.8 Å². The summed E-state index contributed by atoms with van der Waals surface area (Å²) in [5, 5.41) is 17.4. The molecular formula is C35H33ClF3N7O5. The van der Waals surface area contributed by atoms with Crippen molar-refractivity contribution in [3.05, 3.63) is 86.3 Å². The average Bonchev–Trinajstić information content (AvgIpc) is 3.65. The molecule has 3 aromatic heterocycles. The number of aromatic nitrogens is 5. The normalized spacial score (nSPS) is 24.2. The Balaban J connectivity index is 1.20. The van der Waals surface area contributed by atoms with E-state index in [0.29, 0.717) is 56.1 Å². The number of alkyl halides is 3. The van der Waals surface area contributed by atoms with Crippen molar-refractivity contribution in [1.82, 2.24) is 29.0 Å². The van der Waals surface area contributed by atoms with E-state index in [4.69, 9.17) is 21.3 Å². The zero-order valence-corrected chi connectivity index (χ0v) is 28.2. The number of likely N-dealkylation sites (tertiary alicyclic amines) is 1. The van der Waals surface area contributed by atoms with Gasteiger partial charge >= 0.3 is 6.18 Å². The zero-order chi connectivity index (χ0) is 35.8. The summed E-state index contributed by atoms with van der Waals surface area (Å²) in [5.74, 6) is -0.873. The van der Waals surface area contributed by atoms with Crippen molar-refractivity contribution in [3.63, 3.8) is 0 Å². The topological polar surface area (TPSA) is 144 Å². The summed E-state index contributed by atoms with van der Waals surface area (Å²) in [4.78, 5) is 52.6. The lowest BCUT2D eigenvalue weighted by molar-refractivity contribution is -0.137. The van der Waals surface area contributed by atoms with Crippen LogP contribution in [0.1, 0.15) is 78.1 Å². The average molecular weight is 724 g/mol. The van der Waals surface area contributed by atoms with Gasteiger partial charge in [0.25, 0.3) is 11.5 Å². The van der Waals surface area contributed by atoms with Gasteiger partial charge in [0.2, 0.25) is 11.7 Å². The maximum atomic E-state index is 14.6. The van der Waals surface area contributed by atoms with Crippen LogP contribution in [0, 0.1) is 5.92 Å². The van der Waals surface area contributed by atoms with E-state index in [1.165, 1.54) is 16.8 Å². The van der Waals surface area contributed by atoms with Gasteiger partial charge in [-0.15, -0.1) is 5.10 Å². The number of halogens is 4. The van der Waals surface area contributed by atoms with Crippen LogP contribution in [0.15, 0.2) is 47.4 Å². The van der Waals surface area contributed by atoms with Gasteiger partial charge in [-0.2, -0.15) is 22.7 Å². The summed E-state index contributed by atoms with van der Waals surface area (Å²) in [6, 6.07) is 5.51. The maximum Gasteiger partial charge on any atom is 0.416 e. The lowest BCUT2D eigenvalue weighted by Crippen LogP contribution is -2.63. The number of pyridine rings is 1. The van der Waals surface area contributed by atoms with Crippen LogP contribution in [0.5, 0.6) is 5.75 Å². The van der Waals surface area contributed by atoms with Gasteiger partial charge in [-0.05, 0) is 79.8 Å². The van der Waals surface area contributed by atoms with Crippen LogP contribution in [0.4, 0.5) is 18.9 Å². The van der Waals surface area contributed by atoms with Crippen LogP contribution < -0.4 is 10.9 Å². The number of nitrogens with one attached hydrogen (secondary N) is 1. The van der Waals surface area contributed by atoms with Crippen molar-refractivity contribution in [2.75, 3.05) is 25.1 Å². The van der Waals surface area contributed by atoms with Gasteiger partial charge < -0.3 is 24.6 Å². The molecule has 16 heteroatoms. The van der Waals surface area contributed by atoms with Gasteiger partial charge in [-0.1, -0.05) is 24.6 Å². The molecule has 0 unspecified atom stereocenters. The Morgan fingerprint density at radius 1 is 1.22 bits per heavy atom. The van der Waals surface area contributed by atoms with Crippen LogP contribution >= 0.6 is 11.6 Å². The molecule has 5 heterocycles. The number of benzene rings is 1. The van der Waals surface area contributed by atoms with Crippen molar-refractivity contribution in [3.8, 4) is 5.75 Å². The van der Waals surface area contributed by atoms with E-state index in [2.05, 4.69) is 15.4 Å². The third-order valence-corrected chi connectivity index (χ3v) is 11.3. The molecule has 4 aromatic rings. The summed E-state index contributed by atoms with van der Waals surface area (Å²) in [7, 11) is 0. The standard InChI is InChI=1S/C35H33ClF3N7O5/c1-18-16-34(10-12-44(24-7-5-21(24)34)32(50)28-25(47)3-2-11-40-28)27-29(18)45(17-26(48)41-23-6-4-20(15-22(23)36)35(37,38)39)33-42-30(43-46(33)31(27)49)19-8-13-51-14-9-19/h2-4,6,8,11,15,18,21,24,47H,5,7,9-10,12-14,16-17H2,1H3,(H,41,48)/t18-,21-,24+,34-/m0/s1. The molecule has 4 atom stereocenters. The largest absolute Gasteiger partial charge is 0.505 e. The fourth-order valence-electron chi connectivity index (χ4n) is 8.63. The van der Waals surface area contributed by atoms with E-state index >= 15 is 0 Å². The van der Waals surface area contributed by atoms with Crippen LogP contribution in [0.3, 0.4) is 0 Å². The van der Waals surface area contributed by atoms with Gasteiger partial charge in [0.05, 0.1) is 29.5 Å². The van der Waals surface area contributed by atoms with E-state index < -0.39 is 23.1 Å². The maximum absolute atomic E-state index is 14.6. The number of amides is 2. The van der Waals surface area contributed by atoms with E-state index in [9.17, 15) is 32.7 Å². The third kappa shape index (κ3) is 5.39. The molecular weight excluding hydrogens is 691 g/mol. The highest BCUT2D eigenvalue weighted by atomic mass is 35.5. The number of anilines is 1. The summed E-state index contributed by atoms with van der Waals surface area (Å²) in [5.41, 5.74) is 0.106. The molecule has 12 nitrogen and oxygen atoms in total. The summed E-state index contributed by atoms with van der Waals surface area (Å²) < 4.78 is 48.2. The molecule has 1 spiro atoms. The first-order valence-electron chi connectivity index (χ1n) is 16.8. The molecule has 266 valence electrons. The fraction of sp³-hybridized carbons (Fsp3) is 0.429. The van der Waals surface area contributed by atoms with Crippen LogP contribution in [0.25, 0.3) is 11.4 Å². The van der Waals surface area contributed by atoms with Crippen molar-refractivity contribution in [2.45, 2.75) is 69.1 Å². The summed E-state index contributed by atoms with van der Waals surface area (Å²) in [6.45, 7) is 2.85. The molecule has 1 saturated carbocycles. The monoisotopic (exact) mass is 723 g/mol. The molecule has 2 N–H and O–H groups in total. The fourth-order valence-corrected chi connectivity index (χ4v) is 8.86. The number of hydrogen-bond donors (Lipinski definition) is 2. The van der Waals surface area contributed by atoms with E-state index in [0.717, 1.165) is 36.6 Å². The zero-order valence-electron chi connectivity index (χ0n) is 27.4. The van der Waals surface area contributed by atoms with Crippen molar-refractivity contribution >= 4 is 40.5 Å². The Hall–Kier alpha value is -4.76. The SMILES string of the molecule is C[C@H]1C[C@]2(CCN(C(=O)c3ncccc3O)[C@@H]3CC[C@@H]32)c2c1n(CC(=O)Nc1ccc(C(F)(F)F)cc1Cl)c1nc(C3=CCOCC3)nn1c2=O. The summed E-state index contributed by atoms with van der Waals surface area (Å²) >= 11 is 6.17. The van der Waals surface area contributed by atoms with Crippen LogP contribution in [0.2, 0.25) is 5.02 Å². The first-order chi connectivity index (χ1) is 24.4. The number of rotatable bonds is 5. The van der Waals surface area contributed by atoms with Gasteiger partial charge in [-0.25, -0.2) is 4.98 Å². The van der Waals surface area contributed by atoms with Crippen molar-refractivity contribution < 1.29 is 32.6 Å². The molecule has 2 aliphatic carbocycles. The number of hydrogen-bond acceptors (Lipinski definition) is 8. The highest BCUT2D eigenvalue weighted by Crippen LogP contribution is 2.59. The molecule has 51 heavy (non-hydrogen) atoms. The number of nitrogens with zero attached hydrogens (tertiary/aromatic N) is 6. The molecule has 4 aliphatic rings. The Morgan fingerprint density at radius 2 is 2.04 bits per heavy atom. The molecule has 2 fully saturated rings. The number of aromatic hydroxyl groups is 1. The molecule has 1 aromatic carbocycles. The predicted molar refractivity (Wildman–Crippen MR) is 179 cm³/mol. The third-order valence-electron chi connectivity index (χ3n) is 10.9. The minimum Gasteiger partial charge on any atom is -0.505 e. The lowest BCUT2D eigenvalue weighted by atomic mass is 9.55. The Bertz CT molecular complexity index is 2200. The van der Waals surface area contributed by atoms with Crippen LogP contribution in [-0.4, -0.2) is 71.8 Å². The second-order valence-electron chi connectivity index (χ2n) is 13.7. The van der Waals surface area contributed by atoms with E-state index in [1.807, 2.05) is 13.0 Å². The Morgan fingerprint density at radius 3 is 2.73 bits per heavy atom. The minimum absolute atomic E-state index is 0.00991. The van der Waals surface area contributed by atoms with Crippen molar-refractivity contribution in [1.29, 1.82) is 0 Å². The lowest BCUT2D eigenvalue weighted by Gasteiger charge is -2.57. The molecule has 0 radical (unpaired) electrons. The van der Waals surface area contributed by atoms with Gasteiger partial charge in [0, 0.05) is 35.5 Å². The van der Waals surface area contributed by atoms with Crippen LogP contribution in [-0.2, 0) is 27.7 Å². The molecule has 2 aliphatic heterocycles. The van der Waals surface area contributed by atoms with Gasteiger partial charge in [-0.3, -0.25) is 14.4 Å². The highest BCUT2D eigenvalue weighted by molar-refractivity contribution is 6.33. The second-order valence-corrected chi connectivity index (χ2v) is 14.1. The predicted octanol–water partition coefficient (Wildman–Crippen LogP) is 5.18. The quantitative estimate of drug-likeness (QED) is 0.287. The number of carbonyl (C=O) groups excluding carboxylic acids is 2. The smallest absolute Gasteiger partial charge is 0.416 e. The molecule has 8 rings (SSSR count). The number of piperidine rings is 1. The second kappa shape index (κ2) is 12.2.